The van der Waals surface area contributed by atoms with Gasteiger partial charge in [-0.05, 0) is 74.1 Å². The number of benzene rings is 2. The molecule has 5 rings (SSSR count). The highest BCUT2D eigenvalue weighted by atomic mass is 32.2. The van der Waals surface area contributed by atoms with Crippen LogP contribution < -0.4 is 10.0 Å². The van der Waals surface area contributed by atoms with Crippen LogP contribution in [0, 0.1) is 12.8 Å². The number of thiazole rings is 1. The largest absolute Gasteiger partial charge is 0.331 e. The van der Waals surface area contributed by atoms with Crippen LogP contribution in [-0.4, -0.2) is 50.8 Å². The zero-order valence-corrected chi connectivity index (χ0v) is 24.3. The van der Waals surface area contributed by atoms with Crippen LogP contribution >= 0.6 is 11.3 Å². The summed E-state index contributed by atoms with van der Waals surface area (Å²) in [6.45, 7) is 5.41. The molecule has 2 amide bonds. The zero-order valence-electron chi connectivity index (χ0n) is 21.8. The number of sulfonamides is 1. The lowest BCUT2D eigenvalue weighted by Crippen LogP contribution is -2.35. The van der Waals surface area contributed by atoms with E-state index in [0.717, 1.165) is 19.1 Å². The van der Waals surface area contributed by atoms with Crippen molar-refractivity contribution in [1.82, 2.24) is 9.88 Å². The molecule has 1 saturated carbocycles. The number of sulfone groups is 1. The van der Waals surface area contributed by atoms with Crippen molar-refractivity contribution in [2.24, 2.45) is 5.92 Å². The predicted molar refractivity (Wildman–Crippen MR) is 149 cm³/mol. The minimum atomic E-state index is -4.32. The second kappa shape index (κ2) is 9.72. The van der Waals surface area contributed by atoms with Gasteiger partial charge in [-0.25, -0.2) is 21.8 Å². The van der Waals surface area contributed by atoms with Crippen LogP contribution in [0.25, 0.3) is 10.4 Å². The monoisotopic (exact) mass is 588 g/mol. The summed E-state index contributed by atoms with van der Waals surface area (Å²) in [5.41, 5.74) is 1.92. The van der Waals surface area contributed by atoms with E-state index in [4.69, 9.17) is 0 Å². The van der Waals surface area contributed by atoms with Crippen molar-refractivity contribution >= 4 is 53.8 Å². The van der Waals surface area contributed by atoms with E-state index in [9.17, 15) is 26.4 Å². The molecule has 1 fully saturated rings. The maximum Gasteiger partial charge on any atom is 0.262 e. The number of rotatable bonds is 8. The van der Waals surface area contributed by atoms with E-state index in [1.165, 1.54) is 48.6 Å². The molecule has 1 aliphatic heterocycles. The summed E-state index contributed by atoms with van der Waals surface area (Å²) in [6.07, 6.45) is 3.10. The average Bonchev–Trinajstić information content (AvgIpc) is 3.55. The highest BCUT2D eigenvalue weighted by Crippen LogP contribution is 2.42. The summed E-state index contributed by atoms with van der Waals surface area (Å²) in [5.74, 6) is -0.229. The number of fused-ring (bicyclic) bond motifs is 1. The highest BCUT2D eigenvalue weighted by Gasteiger charge is 2.41. The Labute approximate surface area is 231 Å². The molecule has 2 aliphatic rings. The number of aryl methyl sites for hydroxylation is 1. The lowest BCUT2D eigenvalue weighted by atomic mass is 10.0. The second-order valence-electron chi connectivity index (χ2n) is 10.0. The Balaban J connectivity index is 1.62. The number of carbonyl (C=O) groups excluding carboxylic acids is 2. The predicted octanol–water partition coefficient (Wildman–Crippen LogP) is 4.04. The number of amides is 2. The molecule has 39 heavy (non-hydrogen) atoms. The summed E-state index contributed by atoms with van der Waals surface area (Å²) in [7, 11) is -7.89. The number of hydrogen-bond donors (Lipinski definition) is 2. The molecular weight excluding hydrogens is 561 g/mol. The summed E-state index contributed by atoms with van der Waals surface area (Å²) >= 11 is 1.21. The van der Waals surface area contributed by atoms with Crippen LogP contribution in [0.3, 0.4) is 0 Å². The Kier molecular flexibility index (Phi) is 6.80. The quantitative estimate of drug-likeness (QED) is 0.404. The van der Waals surface area contributed by atoms with Crippen molar-refractivity contribution in [3.8, 4) is 10.4 Å². The van der Waals surface area contributed by atoms with Gasteiger partial charge in [0.2, 0.25) is 5.91 Å². The van der Waals surface area contributed by atoms with Crippen molar-refractivity contribution in [3.63, 3.8) is 0 Å². The van der Waals surface area contributed by atoms with Gasteiger partial charge in [0.25, 0.3) is 15.9 Å². The zero-order chi connectivity index (χ0) is 28.3. The number of nitrogens with zero attached hydrogens (tertiary/aromatic N) is 2. The Morgan fingerprint density at radius 1 is 1.15 bits per heavy atom. The summed E-state index contributed by atoms with van der Waals surface area (Å²) in [6, 6.07) is 8.76. The Morgan fingerprint density at radius 2 is 1.87 bits per heavy atom. The fourth-order valence-corrected chi connectivity index (χ4v) is 7.80. The minimum absolute atomic E-state index is 0.0279. The van der Waals surface area contributed by atoms with Gasteiger partial charge in [0.05, 0.1) is 26.7 Å². The summed E-state index contributed by atoms with van der Waals surface area (Å²) in [4.78, 5) is 31.7. The molecule has 13 heteroatoms. The van der Waals surface area contributed by atoms with E-state index in [1.807, 2.05) is 13.0 Å². The lowest BCUT2D eigenvalue weighted by Gasteiger charge is -2.24. The van der Waals surface area contributed by atoms with Gasteiger partial charge in [-0.1, -0.05) is 17.4 Å². The topological polar surface area (TPSA) is 143 Å². The Bertz CT molecular complexity index is 1730. The molecule has 2 N–H and O–H groups in total. The van der Waals surface area contributed by atoms with Crippen LogP contribution in [0.5, 0.6) is 0 Å². The molecule has 0 spiro atoms. The molecule has 2 heterocycles. The van der Waals surface area contributed by atoms with E-state index in [2.05, 4.69) is 15.0 Å². The smallest absolute Gasteiger partial charge is 0.262 e. The molecule has 1 aliphatic carbocycles. The van der Waals surface area contributed by atoms with Crippen molar-refractivity contribution in [3.05, 3.63) is 53.2 Å². The number of aromatic nitrogens is 1. The van der Waals surface area contributed by atoms with Crippen molar-refractivity contribution < 1.29 is 26.4 Å². The van der Waals surface area contributed by atoms with E-state index >= 15 is 0 Å². The molecule has 1 atom stereocenters. The number of anilines is 2. The third kappa shape index (κ3) is 5.43. The average molecular weight is 589 g/mol. The normalized spacial score (nSPS) is 16.2. The van der Waals surface area contributed by atoms with Crippen molar-refractivity contribution in [1.29, 1.82) is 0 Å². The number of carbonyl (C=O) groups is 2. The molecule has 0 radical (unpaired) electrons. The SMILES string of the molecule is CC(=O)Nc1nc(C)c(-c2cc3c(c(S(=O)(=O)Nc4cccc(S(C)(=O)=O)c4)c2)C(=O)N([C@@H](C)C2CC2)C3)s1. The molecular formula is C26H28N4O6S3. The molecule has 0 saturated heterocycles. The second-order valence-corrected chi connectivity index (χ2v) is 14.7. The van der Waals surface area contributed by atoms with E-state index in [-0.39, 0.29) is 45.4 Å². The van der Waals surface area contributed by atoms with Crippen LogP contribution in [0.1, 0.15) is 48.3 Å². The Morgan fingerprint density at radius 3 is 2.51 bits per heavy atom. The molecule has 2 aromatic carbocycles. The first kappa shape index (κ1) is 27.3. The minimum Gasteiger partial charge on any atom is -0.331 e. The molecule has 0 bridgehead atoms. The lowest BCUT2D eigenvalue weighted by molar-refractivity contribution is -0.114. The van der Waals surface area contributed by atoms with Gasteiger partial charge in [0, 0.05) is 25.8 Å². The maximum atomic E-state index is 13.8. The van der Waals surface area contributed by atoms with E-state index in [0.29, 0.717) is 32.7 Å². The molecule has 0 unspecified atom stereocenters. The van der Waals surface area contributed by atoms with Crippen LogP contribution in [-0.2, 0) is 31.2 Å². The molecule has 3 aromatic rings. The summed E-state index contributed by atoms with van der Waals surface area (Å²) in [5, 5.41) is 3.04. The fourth-order valence-electron chi connectivity index (χ4n) is 4.81. The van der Waals surface area contributed by atoms with E-state index < -0.39 is 19.9 Å². The number of hydrogen-bond acceptors (Lipinski definition) is 8. The standard InChI is InChI=1S/C26H28N4O6S3/c1-14-24(37-26(27-14)28-16(3)31)18-10-19-13-30(15(2)17-8-9-17)25(32)23(19)22(11-18)39(35,36)29-20-6-5-7-21(12-20)38(4,33)34/h5-7,10-12,15,17,29H,8-9,13H2,1-4H3,(H,27,28,31)/t15-/m0/s1. The first-order chi connectivity index (χ1) is 18.2. The highest BCUT2D eigenvalue weighted by molar-refractivity contribution is 7.93. The van der Waals surface area contributed by atoms with Crippen LogP contribution in [0.2, 0.25) is 0 Å². The van der Waals surface area contributed by atoms with Crippen molar-refractivity contribution in [2.45, 2.75) is 56.0 Å². The fraction of sp³-hybridized carbons (Fsp3) is 0.346. The Hall–Kier alpha value is -3.29. The maximum absolute atomic E-state index is 13.8. The third-order valence-corrected chi connectivity index (χ3v) is 10.6. The van der Waals surface area contributed by atoms with Crippen LogP contribution in [0.15, 0.2) is 46.2 Å². The van der Waals surface area contributed by atoms with Gasteiger partial charge in [0.1, 0.15) is 4.90 Å². The van der Waals surface area contributed by atoms with Crippen molar-refractivity contribution in [2.75, 3.05) is 16.3 Å². The molecule has 206 valence electrons. The first-order valence-corrected chi connectivity index (χ1v) is 16.5. The van der Waals surface area contributed by atoms with Gasteiger partial charge in [-0.2, -0.15) is 0 Å². The molecule has 1 aromatic heterocycles. The van der Waals surface area contributed by atoms with Gasteiger partial charge in [0.15, 0.2) is 15.0 Å². The molecule has 10 nitrogen and oxygen atoms in total. The van der Waals surface area contributed by atoms with E-state index in [1.54, 1.807) is 11.8 Å². The van der Waals surface area contributed by atoms with Crippen LogP contribution in [0.4, 0.5) is 10.8 Å². The summed E-state index contributed by atoms with van der Waals surface area (Å²) < 4.78 is 54.1. The van der Waals surface area contributed by atoms with Gasteiger partial charge in [-0.15, -0.1) is 0 Å². The first-order valence-electron chi connectivity index (χ1n) is 12.3. The van der Waals surface area contributed by atoms with Gasteiger partial charge >= 0.3 is 0 Å². The number of nitrogens with one attached hydrogen (secondary N) is 2. The third-order valence-electron chi connectivity index (χ3n) is 6.94. The van der Waals surface area contributed by atoms with Gasteiger partial charge in [-0.3, -0.25) is 14.3 Å². The van der Waals surface area contributed by atoms with Gasteiger partial charge < -0.3 is 10.2 Å².